The Morgan fingerprint density at radius 2 is 1.76 bits per heavy atom. The summed E-state index contributed by atoms with van der Waals surface area (Å²) < 4.78 is 40.1. The van der Waals surface area contributed by atoms with Gasteiger partial charge in [0.05, 0.1) is 63.1 Å². The van der Waals surface area contributed by atoms with Crippen molar-refractivity contribution in [3.05, 3.63) is 52.2 Å². The summed E-state index contributed by atoms with van der Waals surface area (Å²) in [5.41, 5.74) is 5.15. The monoisotopic (exact) mass is 989 g/mol. The molecule has 20 heteroatoms. The lowest BCUT2D eigenvalue weighted by Gasteiger charge is -2.48. The van der Waals surface area contributed by atoms with Gasteiger partial charge in [-0.05, 0) is 54.6 Å². The van der Waals surface area contributed by atoms with Gasteiger partial charge >= 0.3 is 11.9 Å². The van der Waals surface area contributed by atoms with Crippen LogP contribution in [-0.2, 0) is 49.3 Å². The minimum Gasteiger partial charge on any atom is -0.455 e. The third-order valence-electron chi connectivity index (χ3n) is 13.8. The molecule has 0 aromatic carbocycles. The van der Waals surface area contributed by atoms with E-state index in [1.165, 1.54) is 30.4 Å². The van der Waals surface area contributed by atoms with Crippen LogP contribution in [0.5, 0.6) is 0 Å². The molecular weight excluding hydrogens is 926 g/mol. The summed E-state index contributed by atoms with van der Waals surface area (Å²) in [6.45, 7) is 15.1. The van der Waals surface area contributed by atoms with Gasteiger partial charge in [0.15, 0.2) is 17.7 Å². The molecule has 2 fully saturated rings. The fourth-order valence-electron chi connectivity index (χ4n) is 10.4. The van der Waals surface area contributed by atoms with Crippen molar-refractivity contribution in [3.63, 3.8) is 0 Å². The SMILES string of the molecule is CC[C@H]1OC(=O)/C(C)=C\[C@H](C)[C@@H](O[C@@H]2O[C@H](C)C[C@@H](OC)[C@@H]2N(C)C)[C@](C)(OC)C[C@@H](C)C(=O)[C@H](C)[C@H]2C(SCCn3cnc4c(N)ncc(C(=O)Nc5c(Cl)cncc5Cl)c43)C(=O)O[C@@]21C. The molecule has 0 saturated carbocycles. The van der Waals surface area contributed by atoms with Gasteiger partial charge in [0.25, 0.3) is 5.91 Å². The van der Waals surface area contributed by atoms with E-state index in [1.54, 1.807) is 39.0 Å². The van der Waals surface area contributed by atoms with Crippen LogP contribution in [-0.4, -0.2) is 135 Å². The van der Waals surface area contributed by atoms with Gasteiger partial charge in [-0.25, -0.2) is 14.8 Å². The number of imidazole rings is 1. The van der Waals surface area contributed by atoms with Crippen LogP contribution in [0.15, 0.2) is 36.6 Å². The predicted molar refractivity (Wildman–Crippen MR) is 257 cm³/mol. The number of fused-ring (bicyclic) bond motifs is 2. The van der Waals surface area contributed by atoms with E-state index in [0.29, 0.717) is 35.2 Å². The summed E-state index contributed by atoms with van der Waals surface area (Å²) in [6, 6.07) is -0.268. The number of ether oxygens (including phenoxy) is 6. The zero-order valence-corrected chi connectivity index (χ0v) is 42.7. The number of esters is 2. The summed E-state index contributed by atoms with van der Waals surface area (Å²) in [5, 5.41) is 2.19. The first kappa shape index (κ1) is 52.5. The van der Waals surface area contributed by atoms with Crippen LogP contribution in [0.4, 0.5) is 11.5 Å². The molecule has 17 nitrogen and oxygen atoms in total. The number of hydrogen-bond donors (Lipinski definition) is 2. The summed E-state index contributed by atoms with van der Waals surface area (Å²) in [4.78, 5) is 71.7. The number of aryl methyl sites for hydroxylation is 1. The predicted octanol–water partition coefficient (Wildman–Crippen LogP) is 7.02. The second-order valence-corrected chi connectivity index (χ2v) is 20.8. The van der Waals surface area contributed by atoms with E-state index in [4.69, 9.17) is 57.4 Å². The second kappa shape index (κ2) is 21.4. The van der Waals surface area contributed by atoms with E-state index in [-0.39, 0.29) is 64.1 Å². The Bertz CT molecular complexity index is 2330. The molecule has 3 aromatic heterocycles. The van der Waals surface area contributed by atoms with Gasteiger partial charge in [0.2, 0.25) is 0 Å². The van der Waals surface area contributed by atoms with Crippen LogP contribution in [0.2, 0.25) is 10.0 Å². The van der Waals surface area contributed by atoms with E-state index in [0.717, 1.165) is 0 Å². The number of amides is 1. The third kappa shape index (κ3) is 10.7. The summed E-state index contributed by atoms with van der Waals surface area (Å²) in [6.07, 6.45) is 5.96. The van der Waals surface area contributed by atoms with E-state index in [1.807, 2.05) is 66.6 Å². The third-order valence-corrected chi connectivity index (χ3v) is 15.6. The molecule has 3 N–H and O–H groups in total. The summed E-state index contributed by atoms with van der Waals surface area (Å²) in [7, 11) is 7.18. The topological polar surface area (TPSA) is 209 Å². The van der Waals surface area contributed by atoms with Gasteiger partial charge in [0.1, 0.15) is 22.7 Å². The minimum absolute atomic E-state index is 0.110. The van der Waals surface area contributed by atoms with Gasteiger partial charge in [-0.2, -0.15) is 0 Å². The van der Waals surface area contributed by atoms with Crippen molar-refractivity contribution < 1.29 is 47.6 Å². The number of ketones is 1. The molecule has 3 aromatic rings. The van der Waals surface area contributed by atoms with Crippen molar-refractivity contribution in [2.75, 3.05) is 45.1 Å². The summed E-state index contributed by atoms with van der Waals surface area (Å²) in [5.74, 6) is -3.85. The first-order valence-corrected chi connectivity index (χ1v) is 24.4. The first-order chi connectivity index (χ1) is 31.6. The number of nitrogens with zero attached hydrogens (tertiary/aromatic N) is 5. The number of nitrogens with one attached hydrogen (secondary N) is 1. The minimum atomic E-state index is -1.38. The molecule has 6 rings (SSSR count). The molecule has 368 valence electrons. The average Bonchev–Trinajstić information content (AvgIpc) is 3.82. The number of rotatable bonds is 12. The molecule has 1 amide bonds. The molecule has 0 aliphatic carbocycles. The van der Waals surface area contributed by atoms with Crippen LogP contribution >= 0.6 is 35.0 Å². The zero-order valence-electron chi connectivity index (χ0n) is 40.3. The lowest BCUT2D eigenvalue weighted by Crippen LogP contribution is -2.59. The molecule has 6 heterocycles. The van der Waals surface area contributed by atoms with Crippen molar-refractivity contribution in [1.82, 2.24) is 24.4 Å². The van der Waals surface area contributed by atoms with E-state index >= 15 is 0 Å². The lowest BCUT2D eigenvalue weighted by atomic mass is 9.70. The average molecular weight is 991 g/mol. The highest BCUT2D eigenvalue weighted by molar-refractivity contribution is 8.00. The normalized spacial score (nSPS) is 34.0. The Morgan fingerprint density at radius 3 is 2.39 bits per heavy atom. The van der Waals surface area contributed by atoms with Crippen molar-refractivity contribution in [1.29, 1.82) is 0 Å². The number of anilines is 2. The fourth-order valence-corrected chi connectivity index (χ4v) is 12.3. The maximum Gasteiger partial charge on any atom is 0.333 e. The van der Waals surface area contributed by atoms with Crippen LogP contribution in [0.25, 0.3) is 11.0 Å². The molecular formula is C47H65Cl2N7O10S. The summed E-state index contributed by atoms with van der Waals surface area (Å²) >= 11 is 13.9. The number of aromatic nitrogens is 4. The Balaban J connectivity index is 1.32. The first-order valence-electron chi connectivity index (χ1n) is 22.6. The van der Waals surface area contributed by atoms with Crippen LogP contribution in [0.3, 0.4) is 0 Å². The molecule has 0 radical (unpaired) electrons. The Morgan fingerprint density at radius 1 is 1.07 bits per heavy atom. The molecule has 3 aliphatic heterocycles. The highest BCUT2D eigenvalue weighted by Crippen LogP contribution is 2.49. The van der Waals surface area contributed by atoms with Crippen molar-refractivity contribution in [2.24, 2.45) is 23.7 Å². The largest absolute Gasteiger partial charge is 0.455 e. The Kier molecular flexibility index (Phi) is 16.8. The molecule has 0 spiro atoms. The number of cyclic esters (lactones) is 1. The van der Waals surface area contributed by atoms with Gasteiger partial charge in [-0.1, -0.05) is 57.0 Å². The molecule has 67 heavy (non-hydrogen) atoms. The Labute approximate surface area is 406 Å². The van der Waals surface area contributed by atoms with Gasteiger partial charge in [0, 0.05) is 80.8 Å². The van der Waals surface area contributed by atoms with E-state index < -0.39 is 76.5 Å². The van der Waals surface area contributed by atoms with E-state index in [9.17, 15) is 19.2 Å². The van der Waals surface area contributed by atoms with Gasteiger partial charge in [-0.15, -0.1) is 11.8 Å². The number of halogens is 2. The van der Waals surface area contributed by atoms with Crippen LogP contribution in [0.1, 0.15) is 85.0 Å². The van der Waals surface area contributed by atoms with Gasteiger partial charge < -0.3 is 44.0 Å². The smallest absolute Gasteiger partial charge is 0.333 e. The molecule has 1 unspecified atom stereocenters. The Hall–Kier alpha value is -3.88. The van der Waals surface area contributed by atoms with Crippen LogP contribution in [0, 0.1) is 23.7 Å². The van der Waals surface area contributed by atoms with E-state index in [2.05, 4.69) is 20.3 Å². The molecule has 0 bridgehead atoms. The second-order valence-electron chi connectivity index (χ2n) is 18.7. The zero-order chi connectivity index (χ0) is 49.3. The number of carbonyl (C=O) groups excluding carboxylic acids is 4. The molecule has 13 atom stereocenters. The fraction of sp³-hybridized carbons (Fsp3) is 0.638. The molecule has 3 aliphatic rings. The number of methoxy groups -OCH3 is 2. The number of nitrogens with two attached hydrogens (primary N) is 1. The standard InChI is InChI=1S/C47H65Cl2N7O10S/c1-13-32-47(8)33(39(44(60)66-47)67-15-14-56-22-53-35-36(56)28(19-52-41(35)50)42(58)54-34-29(48)20-51-21-30(34)49)27(6)38(57)25(4)18-46(7,62-12)40(23(2)16-24(3)43(59)64-32)65-45-37(55(9)10)31(61-11)17-26(5)63-45/h16,19-23,25-27,31-33,37,39-40,45H,13-15,17-18H2,1-12H3,(H2,50,52)(H,51,54,58)/b24-16-/t23-,25+,26+,27+,31+,32+,33-,37-,39?,40+,45-,46+,47+/m0/s1. The highest BCUT2D eigenvalue weighted by atomic mass is 35.5. The van der Waals surface area contributed by atoms with Crippen LogP contribution < -0.4 is 11.1 Å². The number of nitrogen functional groups attached to an aromatic ring is 1. The van der Waals surface area contributed by atoms with Crippen molar-refractivity contribution in [2.45, 2.75) is 134 Å². The number of likely N-dealkylation sites (N-methyl/N-ethyl adjacent to an activating group) is 1. The lowest BCUT2D eigenvalue weighted by molar-refractivity contribution is -0.289. The van der Waals surface area contributed by atoms with Gasteiger partial charge in [-0.3, -0.25) is 24.3 Å². The number of carbonyl (C=O) groups is 4. The highest BCUT2D eigenvalue weighted by Gasteiger charge is 2.61. The molecule has 2 saturated heterocycles. The number of hydrogen-bond acceptors (Lipinski definition) is 16. The maximum atomic E-state index is 15.0. The van der Waals surface area contributed by atoms with Crippen molar-refractivity contribution in [3.8, 4) is 0 Å². The number of thioether (sulfide) groups is 1. The number of pyridine rings is 2. The number of Topliss-reactive ketones (excluding diaryl/α,β-unsaturated/α-hetero) is 1. The quantitative estimate of drug-likeness (QED) is 0.175. The maximum absolute atomic E-state index is 15.0. The van der Waals surface area contributed by atoms with Crippen molar-refractivity contribution >= 4 is 81.1 Å².